The highest BCUT2D eigenvalue weighted by Gasteiger charge is 2.12. The molecule has 0 bridgehead atoms. The smallest absolute Gasteiger partial charge is 0.344 e. The summed E-state index contributed by atoms with van der Waals surface area (Å²) in [5.41, 5.74) is 1.14. The van der Waals surface area contributed by atoms with Gasteiger partial charge in [-0.05, 0) is 31.7 Å². The zero-order valence-electron chi connectivity index (χ0n) is 12.0. The number of ether oxygens (including phenoxy) is 1. The molecule has 0 saturated heterocycles. The Bertz CT molecular complexity index is 569. The van der Waals surface area contributed by atoms with Crippen molar-refractivity contribution >= 4 is 17.3 Å². The first kappa shape index (κ1) is 15.5. The Kier molecular flexibility index (Phi) is 5.30. The molecule has 0 aliphatic carbocycles. The van der Waals surface area contributed by atoms with Gasteiger partial charge in [-0.15, -0.1) is 11.3 Å². The van der Waals surface area contributed by atoms with Gasteiger partial charge in [-0.25, -0.2) is 9.78 Å². The van der Waals surface area contributed by atoms with Crippen LogP contribution in [-0.4, -0.2) is 34.1 Å². The summed E-state index contributed by atoms with van der Waals surface area (Å²) in [6.07, 6.45) is 0.965. The van der Waals surface area contributed by atoms with E-state index in [9.17, 15) is 4.79 Å². The Balaban J connectivity index is 1.88. The van der Waals surface area contributed by atoms with Crippen molar-refractivity contribution in [1.82, 2.24) is 9.88 Å². The monoisotopic (exact) mass is 306 g/mol. The molecule has 1 N–H and O–H groups in total. The van der Waals surface area contributed by atoms with Gasteiger partial charge in [0.15, 0.2) is 6.10 Å². The second-order valence-corrected chi connectivity index (χ2v) is 5.82. The van der Waals surface area contributed by atoms with Crippen molar-refractivity contribution in [3.63, 3.8) is 0 Å². The number of thiazole rings is 1. The van der Waals surface area contributed by atoms with E-state index < -0.39 is 12.1 Å². The molecule has 21 heavy (non-hydrogen) atoms. The Morgan fingerprint density at radius 1 is 1.38 bits per heavy atom. The number of nitrogens with zero attached hydrogens (tertiary/aromatic N) is 2. The van der Waals surface area contributed by atoms with Crippen LogP contribution in [0.2, 0.25) is 0 Å². The predicted molar refractivity (Wildman–Crippen MR) is 81.5 cm³/mol. The van der Waals surface area contributed by atoms with Gasteiger partial charge in [0.25, 0.3) is 0 Å². The van der Waals surface area contributed by atoms with Gasteiger partial charge < -0.3 is 9.84 Å². The summed E-state index contributed by atoms with van der Waals surface area (Å²) in [4.78, 5) is 17.2. The number of aliphatic carboxylic acids is 1. The lowest BCUT2D eigenvalue weighted by molar-refractivity contribution is -0.144. The van der Waals surface area contributed by atoms with Gasteiger partial charge in [0.05, 0.1) is 6.54 Å². The number of carbonyl (C=O) groups is 1. The Labute approximate surface area is 127 Å². The van der Waals surface area contributed by atoms with Crippen molar-refractivity contribution in [2.75, 3.05) is 7.05 Å². The minimum absolute atomic E-state index is 0.566. The molecule has 112 valence electrons. The Hall–Kier alpha value is -1.92. The zero-order valence-corrected chi connectivity index (χ0v) is 12.8. The third kappa shape index (κ3) is 4.84. The number of hydrogen-bond donors (Lipinski definition) is 1. The van der Waals surface area contributed by atoms with Gasteiger partial charge in [-0.1, -0.05) is 12.1 Å². The number of benzene rings is 1. The van der Waals surface area contributed by atoms with Crippen LogP contribution in [0.4, 0.5) is 0 Å². The summed E-state index contributed by atoms with van der Waals surface area (Å²) < 4.78 is 5.30. The van der Waals surface area contributed by atoms with E-state index in [0.29, 0.717) is 5.75 Å². The Morgan fingerprint density at radius 2 is 2.10 bits per heavy atom. The van der Waals surface area contributed by atoms with E-state index in [0.717, 1.165) is 23.7 Å². The van der Waals surface area contributed by atoms with Crippen molar-refractivity contribution < 1.29 is 14.6 Å². The summed E-state index contributed by atoms with van der Waals surface area (Å²) in [5.74, 6) is -0.404. The zero-order chi connectivity index (χ0) is 15.2. The molecule has 0 amide bonds. The van der Waals surface area contributed by atoms with E-state index in [2.05, 4.69) is 9.88 Å². The highest BCUT2D eigenvalue weighted by atomic mass is 32.1. The fraction of sp³-hybridized carbons (Fsp3) is 0.333. The van der Waals surface area contributed by atoms with Crippen LogP contribution in [0.5, 0.6) is 5.75 Å². The molecule has 2 aromatic rings. The minimum atomic E-state index is -0.970. The van der Waals surface area contributed by atoms with Crippen LogP contribution in [0.15, 0.2) is 35.8 Å². The van der Waals surface area contributed by atoms with E-state index >= 15 is 0 Å². The van der Waals surface area contributed by atoms with Crippen LogP contribution in [0.1, 0.15) is 17.5 Å². The molecule has 0 unspecified atom stereocenters. The van der Waals surface area contributed by atoms with E-state index in [1.54, 1.807) is 23.5 Å². The average Bonchev–Trinajstić information content (AvgIpc) is 2.93. The maximum Gasteiger partial charge on any atom is 0.344 e. The maximum absolute atomic E-state index is 10.7. The molecule has 1 aromatic heterocycles. The van der Waals surface area contributed by atoms with Gasteiger partial charge in [0.1, 0.15) is 10.8 Å². The van der Waals surface area contributed by atoms with Crippen LogP contribution in [0.25, 0.3) is 0 Å². The van der Waals surface area contributed by atoms with Crippen molar-refractivity contribution in [3.8, 4) is 5.75 Å². The summed E-state index contributed by atoms with van der Waals surface area (Å²) in [7, 11) is 2.04. The van der Waals surface area contributed by atoms with Crippen molar-refractivity contribution in [1.29, 1.82) is 0 Å². The first-order valence-corrected chi connectivity index (χ1v) is 7.48. The van der Waals surface area contributed by atoms with E-state index in [1.165, 1.54) is 6.92 Å². The standard InChI is InChI=1S/C15H18N2O3S/c1-11(15(18)19)20-13-5-3-12(4-6-13)9-17(2)10-14-16-7-8-21-14/h3-8,11H,9-10H2,1-2H3,(H,18,19)/t11-/m0/s1. The van der Waals surface area contributed by atoms with Gasteiger partial charge >= 0.3 is 5.97 Å². The van der Waals surface area contributed by atoms with Gasteiger partial charge in [-0.2, -0.15) is 0 Å². The summed E-state index contributed by atoms with van der Waals surface area (Å²) >= 11 is 1.65. The predicted octanol–water partition coefficient (Wildman–Crippen LogP) is 2.63. The third-order valence-corrected chi connectivity index (χ3v) is 3.69. The number of carboxylic acids is 1. The largest absolute Gasteiger partial charge is 0.479 e. The highest BCUT2D eigenvalue weighted by Crippen LogP contribution is 2.16. The number of hydrogen-bond acceptors (Lipinski definition) is 5. The molecule has 2 rings (SSSR count). The molecular weight excluding hydrogens is 288 g/mol. The van der Waals surface area contributed by atoms with E-state index in [4.69, 9.17) is 9.84 Å². The second-order valence-electron chi connectivity index (χ2n) is 4.84. The molecule has 1 atom stereocenters. The lowest BCUT2D eigenvalue weighted by Gasteiger charge is -2.16. The van der Waals surface area contributed by atoms with E-state index in [-0.39, 0.29) is 0 Å². The number of carboxylic acid groups (broad SMARTS) is 1. The fourth-order valence-electron chi connectivity index (χ4n) is 1.86. The fourth-order valence-corrected chi connectivity index (χ4v) is 2.55. The summed E-state index contributed by atoms with van der Waals surface area (Å²) in [5, 5.41) is 11.9. The SMILES string of the molecule is C[C@H](Oc1ccc(CN(C)Cc2nccs2)cc1)C(=O)O. The summed E-state index contributed by atoms with van der Waals surface area (Å²) in [6, 6.07) is 7.49. The molecule has 1 heterocycles. The molecule has 0 radical (unpaired) electrons. The number of aromatic nitrogens is 1. The summed E-state index contributed by atoms with van der Waals surface area (Å²) in [6.45, 7) is 3.12. The second kappa shape index (κ2) is 7.19. The maximum atomic E-state index is 10.7. The molecule has 0 aliphatic heterocycles. The van der Waals surface area contributed by atoms with Crippen molar-refractivity contribution in [2.45, 2.75) is 26.1 Å². The lowest BCUT2D eigenvalue weighted by atomic mass is 10.2. The Morgan fingerprint density at radius 3 is 2.67 bits per heavy atom. The molecule has 0 saturated carbocycles. The molecule has 1 aromatic carbocycles. The molecular formula is C15H18N2O3S. The van der Waals surface area contributed by atoms with Gasteiger partial charge in [0, 0.05) is 18.1 Å². The first-order valence-electron chi connectivity index (χ1n) is 6.60. The third-order valence-electron chi connectivity index (χ3n) is 2.93. The van der Waals surface area contributed by atoms with Crippen LogP contribution in [-0.2, 0) is 17.9 Å². The van der Waals surface area contributed by atoms with Crippen LogP contribution >= 0.6 is 11.3 Å². The van der Waals surface area contributed by atoms with Crippen LogP contribution in [0.3, 0.4) is 0 Å². The number of rotatable bonds is 7. The minimum Gasteiger partial charge on any atom is -0.479 e. The van der Waals surface area contributed by atoms with Crippen molar-refractivity contribution in [3.05, 3.63) is 46.4 Å². The normalized spacial score (nSPS) is 12.3. The van der Waals surface area contributed by atoms with E-state index in [1.807, 2.05) is 30.8 Å². The lowest BCUT2D eigenvalue weighted by Crippen LogP contribution is -2.22. The first-order chi connectivity index (χ1) is 10.0. The quantitative estimate of drug-likeness (QED) is 0.852. The van der Waals surface area contributed by atoms with Crippen molar-refractivity contribution in [2.24, 2.45) is 0 Å². The molecule has 0 fully saturated rings. The van der Waals surface area contributed by atoms with Crippen LogP contribution < -0.4 is 4.74 Å². The molecule has 6 heteroatoms. The molecule has 5 nitrogen and oxygen atoms in total. The molecule has 0 spiro atoms. The average molecular weight is 306 g/mol. The van der Waals surface area contributed by atoms with Gasteiger partial charge in [-0.3, -0.25) is 4.90 Å². The topological polar surface area (TPSA) is 62.7 Å². The van der Waals surface area contributed by atoms with Gasteiger partial charge in [0.2, 0.25) is 0 Å². The highest BCUT2D eigenvalue weighted by molar-refractivity contribution is 7.09. The molecule has 0 aliphatic rings. The van der Waals surface area contributed by atoms with Crippen LogP contribution in [0, 0.1) is 0 Å².